The van der Waals surface area contributed by atoms with Gasteiger partial charge < -0.3 is 130 Å². The number of furan rings is 1. The van der Waals surface area contributed by atoms with Gasteiger partial charge in [-0.3, -0.25) is 91.7 Å². The molecule has 6 heterocycles. The van der Waals surface area contributed by atoms with E-state index in [0.29, 0.717) is 69.9 Å². The Morgan fingerprint density at radius 1 is 0.525 bits per heavy atom. The van der Waals surface area contributed by atoms with Crippen molar-refractivity contribution in [1.29, 1.82) is 5.41 Å². The predicted octanol–water partition coefficient (Wildman–Crippen LogP) is -1.70. The number of aromatic nitrogens is 4. The molecule has 45 nitrogen and oxygen atoms in total. The van der Waals surface area contributed by atoms with Gasteiger partial charge in [-0.05, 0) is 105 Å². The van der Waals surface area contributed by atoms with Crippen molar-refractivity contribution in [2.24, 2.45) is 23.1 Å². The summed E-state index contributed by atoms with van der Waals surface area (Å²) in [5, 5.41) is 54.9. The largest absolute Gasteiger partial charge is 0.459 e. The second-order valence-corrected chi connectivity index (χ2v) is 36.5. The number of thioether (sulfide) groups is 1. The number of amides is 18. The van der Waals surface area contributed by atoms with Gasteiger partial charge in [0.25, 0.3) is 5.91 Å². The lowest BCUT2D eigenvalue weighted by Crippen LogP contribution is -2.62. The first kappa shape index (κ1) is 110. The molecule has 0 spiro atoms. The van der Waals surface area contributed by atoms with Gasteiger partial charge in [-0.1, -0.05) is 120 Å². The Morgan fingerprint density at radius 2 is 1.06 bits per heavy atom. The number of hydrogen-bond donors (Lipinski definition) is 21. The number of nitrogens with two attached hydrogens (primary N) is 3. The Balaban J connectivity index is 1.12. The lowest BCUT2D eigenvalue weighted by molar-refractivity contribution is -0.149. The maximum Gasteiger partial charge on any atom is 0.286 e. The third-order valence-electron chi connectivity index (χ3n) is 24.5. The van der Waals surface area contributed by atoms with E-state index in [-0.39, 0.29) is 96.0 Å². The lowest BCUT2D eigenvalue weighted by atomic mass is 10.00. The van der Waals surface area contributed by atoms with E-state index < -0.39 is 240 Å². The van der Waals surface area contributed by atoms with Gasteiger partial charge in [0.15, 0.2) is 11.7 Å². The average Bonchev–Trinajstić information content (AvgIpc) is 1.65. The van der Waals surface area contributed by atoms with Crippen LogP contribution >= 0.6 is 11.8 Å². The van der Waals surface area contributed by atoms with Crippen molar-refractivity contribution in [3.63, 3.8) is 0 Å². The smallest absolute Gasteiger partial charge is 0.286 e. The number of likely N-dealkylation sites (N-methyl/N-ethyl adjacent to an activating group) is 3. The van der Waals surface area contributed by atoms with E-state index in [2.05, 4.69) is 89.1 Å². The number of nitrogens with zero attached hydrogens (tertiary/aromatic N) is 5. The van der Waals surface area contributed by atoms with Crippen LogP contribution in [-0.4, -0.2) is 307 Å². The van der Waals surface area contributed by atoms with Crippen molar-refractivity contribution >= 4 is 146 Å². The number of aliphatic hydroxyl groups is 1. The first-order chi connectivity index (χ1) is 67.4. The van der Waals surface area contributed by atoms with E-state index in [4.69, 9.17) is 27.0 Å². The van der Waals surface area contributed by atoms with E-state index in [1.54, 1.807) is 105 Å². The first-order valence-electron chi connectivity index (χ1n) is 47.1. The third-order valence-corrected chi connectivity index (χ3v) is 25.5. The molecule has 2 aliphatic rings. The molecule has 4 aromatic heterocycles. The summed E-state index contributed by atoms with van der Waals surface area (Å²) in [7, 11) is 3.93. The number of fused-ring (bicyclic) bond motifs is 3. The second-order valence-electron chi connectivity index (χ2n) is 35.5. The van der Waals surface area contributed by atoms with Crippen LogP contribution in [0.1, 0.15) is 151 Å². The van der Waals surface area contributed by atoms with Gasteiger partial charge in [-0.25, -0.2) is 4.98 Å². The van der Waals surface area contributed by atoms with E-state index in [1.165, 1.54) is 59.0 Å². The van der Waals surface area contributed by atoms with Crippen molar-refractivity contribution < 1.29 is 95.8 Å². The number of primary amides is 2. The van der Waals surface area contributed by atoms with Gasteiger partial charge in [-0.15, -0.1) is 11.8 Å². The molecule has 46 heteroatoms. The highest BCUT2D eigenvalue weighted by molar-refractivity contribution is 8.00. The van der Waals surface area contributed by atoms with Gasteiger partial charge in [-0.2, -0.15) is 0 Å². The molecule has 0 saturated carbocycles. The first-order valence-corrected chi connectivity index (χ1v) is 48.2. The van der Waals surface area contributed by atoms with E-state index in [9.17, 15) is 53.1 Å². The third kappa shape index (κ3) is 32.2. The van der Waals surface area contributed by atoms with Gasteiger partial charge in [0, 0.05) is 118 Å². The molecule has 14 atom stereocenters. The zero-order valence-electron chi connectivity index (χ0n) is 80.3. The van der Waals surface area contributed by atoms with Crippen LogP contribution in [0.5, 0.6) is 0 Å². The van der Waals surface area contributed by atoms with Crippen LogP contribution in [0, 0.1) is 11.3 Å². The summed E-state index contributed by atoms with van der Waals surface area (Å²) < 4.78 is 5.32. The minimum absolute atomic E-state index is 0.0123. The molecule has 2 saturated heterocycles. The van der Waals surface area contributed by atoms with Crippen LogP contribution in [0.15, 0.2) is 127 Å². The number of guanidine groups is 1. The fraction of sp³-hybridized carbons (Fsp3) is 0.495. The summed E-state index contributed by atoms with van der Waals surface area (Å²) in [5.74, 6) is -18.9. The number of unbranched alkanes of at least 4 members (excludes halogenated alkanes) is 2. The van der Waals surface area contributed by atoms with E-state index in [0.717, 1.165) is 31.4 Å². The van der Waals surface area contributed by atoms with Crippen LogP contribution < -0.4 is 86.3 Å². The Hall–Kier alpha value is -14.7. The number of imidazole rings is 1. The highest BCUT2D eigenvalue weighted by Gasteiger charge is 2.45. The standard InChI is InChI=1S/C95H131N25O20S/c1-9-11-30-73-88(133)109-63(29-20-35-102-95(98)99)82(127)116-72(81(126)105-48-78(97)123)50-141-51-79(124)107-68(40-55-23-14-13-15-24-55)91(136)117(6)54(5)80(125)113-70(44-77(96)122)93(138)120-37-21-32-74(120)89(134)112-67(43-58-47-100-52-106-58)86(131)110-65(39-53(3)4)84(129)108-64(34-36-101-90(135)76-33-22-38-140-76)83(128)111-66(41-56-45-103-61-27-18-16-25-59(56)61)85(130)115-71(49-121)87(132)114-69(42-57-46-104-62-28-19-17-26-60(57)62)92(137)119(8)75(31-12-10-2)94(139)118(73)7/h13-19,22-28,33,38,45-47,52-54,63-75,103-104,121H,9-12,20-21,29-32,34-37,39-44,48-51H2,1-8H3,(H2,96,122)(H2,97,123)(H,100,106)(H,101,135)(H,105,126)(H,107,124)(H,108,129)(H,109,133)(H,110,131)(H,111,128)(H,112,134)(H,113,125)(H,114,132)(H,115,130)(H,116,127)(H4,98,99,102)/t54-,63-,64-,65-,66-,67-,68-,69-,70-,71-,72-,73-,74-,75-/m0/s1. The Labute approximate surface area is 818 Å². The SMILES string of the molecule is CCCC[C@H]1C(=O)N(C)[C@@H](CCCC)C(=O)N[C@@H](CCCNC(=N)N)C(=O)N[C@H](C(=O)NCC(N)=O)CSCC(=O)N[C@@H](Cc2ccccc2)C(=O)N(C)[C@@H](C)C(=O)N[C@@H](CC(N)=O)C(=O)N2CCC[C@H]2C(=O)N[C@@H](Cc2cnc[nH]2)C(=O)N[C@@H](CC(C)C)C(=O)N[C@@H](CCNC(=O)c2ccco2)C(=O)N[C@@H](Cc2c[nH]c3ccccc23)C(=O)N[C@@H](CO)C(=O)N[C@@H](Cc2c[nH]c3ccccc23)C(=O)N1C. The Bertz CT molecular complexity index is 5520. The summed E-state index contributed by atoms with van der Waals surface area (Å²) in [5.41, 5.74) is 19.9. The molecule has 18 amide bonds. The molecular formula is C95H131N25O20S. The zero-order chi connectivity index (χ0) is 103. The number of carbonyl (C=O) groups excluding carboxylic acids is 18. The quantitative estimate of drug-likeness (QED) is 0.0136. The van der Waals surface area contributed by atoms with E-state index >= 15 is 38.4 Å². The molecule has 0 unspecified atom stereocenters. The molecule has 0 aliphatic carbocycles. The van der Waals surface area contributed by atoms with Gasteiger partial charge >= 0.3 is 0 Å². The summed E-state index contributed by atoms with van der Waals surface area (Å²) in [6.45, 7) is 6.08. The Kier molecular flexibility index (Phi) is 42.1. The predicted molar refractivity (Wildman–Crippen MR) is 520 cm³/mol. The maximum absolute atomic E-state index is 15.8. The lowest BCUT2D eigenvalue weighted by Gasteiger charge is -2.36. The highest BCUT2D eigenvalue weighted by Crippen LogP contribution is 2.27. The van der Waals surface area contributed by atoms with Crippen LogP contribution in [0.3, 0.4) is 0 Å². The Morgan fingerprint density at radius 3 is 1.67 bits per heavy atom. The molecule has 2 fully saturated rings. The summed E-state index contributed by atoms with van der Waals surface area (Å²) in [6, 6.07) is 3.09. The van der Waals surface area contributed by atoms with Crippen molar-refractivity contribution in [1.82, 2.24) is 109 Å². The molecule has 24 N–H and O–H groups in total. The molecule has 0 radical (unpaired) electrons. The topological polar surface area (TPSA) is 672 Å². The summed E-state index contributed by atoms with van der Waals surface area (Å²) in [4.78, 5) is 283. The number of para-hydroxylation sites is 2. The molecule has 3 aromatic carbocycles. The average molecular weight is 1980 g/mol. The molecule has 9 rings (SSSR count). The minimum atomic E-state index is -1.93. The fourth-order valence-electron chi connectivity index (χ4n) is 16.6. The van der Waals surface area contributed by atoms with Crippen molar-refractivity contribution in [3.05, 3.63) is 150 Å². The number of H-pyrrole nitrogens is 3. The van der Waals surface area contributed by atoms with E-state index in [1.807, 2.05) is 13.8 Å². The fourth-order valence-corrected chi connectivity index (χ4v) is 17.5. The molecule has 7 aromatic rings. The number of rotatable bonds is 30. The number of carbonyl (C=O) groups is 18. The van der Waals surface area contributed by atoms with Crippen LogP contribution in [-0.2, 0) is 107 Å². The van der Waals surface area contributed by atoms with Gasteiger partial charge in [0.2, 0.25) is 100 Å². The summed E-state index contributed by atoms with van der Waals surface area (Å²) >= 11 is 0.786. The van der Waals surface area contributed by atoms with Crippen LogP contribution in [0.25, 0.3) is 21.8 Å². The zero-order valence-corrected chi connectivity index (χ0v) is 81.1. The van der Waals surface area contributed by atoms with Crippen LogP contribution in [0.2, 0.25) is 0 Å². The summed E-state index contributed by atoms with van der Waals surface area (Å²) in [6.07, 6.45) is 6.16. The number of aromatic amines is 3. The second kappa shape index (κ2) is 54.0. The normalized spacial score (nSPS) is 23.2. The maximum atomic E-state index is 15.8. The number of aliphatic hydroxyl groups excluding tert-OH is 1. The van der Waals surface area contributed by atoms with Crippen molar-refractivity contribution in [3.8, 4) is 0 Å². The molecule has 2 aliphatic heterocycles. The van der Waals surface area contributed by atoms with Gasteiger partial charge in [0.05, 0.1) is 37.9 Å². The van der Waals surface area contributed by atoms with Crippen molar-refractivity contribution in [2.45, 2.75) is 228 Å². The monoisotopic (exact) mass is 1970 g/mol. The van der Waals surface area contributed by atoms with Gasteiger partial charge in [0.1, 0.15) is 84.6 Å². The number of benzene rings is 3. The number of nitrogens with one attached hydrogen (secondary N) is 17. The molecule has 762 valence electrons. The molecule has 0 bridgehead atoms. The van der Waals surface area contributed by atoms with Crippen LogP contribution in [0.4, 0.5) is 0 Å². The molecule has 141 heavy (non-hydrogen) atoms. The molecular weight excluding hydrogens is 1840 g/mol. The van der Waals surface area contributed by atoms with Crippen molar-refractivity contribution in [2.75, 3.05) is 65.4 Å². The highest BCUT2D eigenvalue weighted by atomic mass is 32.2. The minimum Gasteiger partial charge on any atom is -0.459 e. The number of hydrogen-bond acceptors (Lipinski definition) is 23.